The Kier molecular flexibility index (Phi) is 6.24. The smallest absolute Gasteiger partial charge is 0.243 e. The number of halogens is 1. The predicted molar refractivity (Wildman–Crippen MR) is 131 cm³/mol. The van der Waals surface area contributed by atoms with Crippen molar-refractivity contribution in [3.63, 3.8) is 0 Å². The summed E-state index contributed by atoms with van der Waals surface area (Å²) >= 11 is 0. The maximum atomic E-state index is 13.6. The molecule has 0 aliphatic carbocycles. The van der Waals surface area contributed by atoms with E-state index in [1.54, 1.807) is 7.11 Å². The number of nitrogens with one attached hydrogen (secondary N) is 1. The molecule has 0 unspecified atom stereocenters. The molecular weight excluding hydrogens is 467 g/mol. The van der Waals surface area contributed by atoms with Crippen LogP contribution in [0, 0.1) is 23.6 Å². The number of benzene rings is 3. The van der Waals surface area contributed by atoms with Gasteiger partial charge in [-0.1, -0.05) is 24.0 Å². The van der Waals surface area contributed by atoms with E-state index in [4.69, 9.17) is 4.74 Å². The molecule has 0 radical (unpaired) electrons. The number of fused-ring (bicyclic) bond motifs is 3. The molecule has 6 nitrogen and oxygen atoms in total. The van der Waals surface area contributed by atoms with Crippen LogP contribution in [0.25, 0.3) is 0 Å². The van der Waals surface area contributed by atoms with Gasteiger partial charge in [0.25, 0.3) is 0 Å². The Hall–Kier alpha value is -3.38. The van der Waals surface area contributed by atoms with Crippen molar-refractivity contribution in [1.82, 2.24) is 4.31 Å². The van der Waals surface area contributed by atoms with Gasteiger partial charge < -0.3 is 15.2 Å². The number of rotatable bonds is 4. The Morgan fingerprint density at radius 1 is 1.11 bits per heavy atom. The normalized spacial score (nSPS) is 21.3. The van der Waals surface area contributed by atoms with E-state index in [0.29, 0.717) is 18.7 Å². The highest BCUT2D eigenvalue weighted by Gasteiger charge is 2.48. The van der Waals surface area contributed by atoms with Crippen molar-refractivity contribution in [3.8, 4) is 17.6 Å². The molecule has 0 aromatic heterocycles. The lowest BCUT2D eigenvalue weighted by Crippen LogP contribution is -2.42. The van der Waals surface area contributed by atoms with Crippen LogP contribution < -0.4 is 10.1 Å². The van der Waals surface area contributed by atoms with Crippen LogP contribution in [0.2, 0.25) is 0 Å². The molecule has 0 amide bonds. The van der Waals surface area contributed by atoms with Crippen molar-refractivity contribution in [1.29, 1.82) is 0 Å². The first kappa shape index (κ1) is 23.4. The zero-order valence-electron chi connectivity index (χ0n) is 19.1. The number of methoxy groups -OCH3 is 1. The number of sulfonamides is 1. The Morgan fingerprint density at radius 2 is 1.89 bits per heavy atom. The minimum Gasteiger partial charge on any atom is -0.495 e. The van der Waals surface area contributed by atoms with Gasteiger partial charge in [0.15, 0.2) is 0 Å². The molecule has 180 valence electrons. The molecule has 0 saturated carbocycles. The third-order valence-corrected chi connectivity index (χ3v) is 8.59. The van der Waals surface area contributed by atoms with E-state index in [1.165, 1.54) is 16.4 Å². The number of anilines is 1. The van der Waals surface area contributed by atoms with E-state index < -0.39 is 21.9 Å². The van der Waals surface area contributed by atoms with Gasteiger partial charge >= 0.3 is 0 Å². The van der Waals surface area contributed by atoms with Gasteiger partial charge in [-0.15, -0.1) is 0 Å². The number of hydrogen-bond donors (Lipinski definition) is 2. The molecular formula is C27H25FN2O4S. The number of aliphatic hydroxyl groups excluding tert-OH is 1. The first-order valence-corrected chi connectivity index (χ1v) is 12.8. The summed E-state index contributed by atoms with van der Waals surface area (Å²) < 4.78 is 47.4. The molecule has 5 rings (SSSR count). The highest BCUT2D eigenvalue weighted by molar-refractivity contribution is 7.89. The van der Waals surface area contributed by atoms with Gasteiger partial charge in [0.2, 0.25) is 10.0 Å². The second kappa shape index (κ2) is 9.34. The maximum Gasteiger partial charge on any atom is 0.243 e. The molecule has 2 N–H and O–H groups in total. The van der Waals surface area contributed by atoms with Crippen LogP contribution in [-0.4, -0.2) is 44.1 Å². The van der Waals surface area contributed by atoms with Gasteiger partial charge in [-0.05, 0) is 66.6 Å². The Morgan fingerprint density at radius 3 is 2.63 bits per heavy atom. The highest BCUT2D eigenvalue weighted by Crippen LogP contribution is 2.48. The maximum absolute atomic E-state index is 13.6. The zero-order valence-corrected chi connectivity index (χ0v) is 19.9. The molecule has 0 spiro atoms. The summed E-state index contributed by atoms with van der Waals surface area (Å²) in [5.74, 6) is 6.38. The third kappa shape index (κ3) is 4.27. The molecule has 8 heteroatoms. The SMILES string of the molecule is COc1ccccc1C#Cc1ccc2c(c1)[C@@H]1[C@@H](CCN1S(=O)(=O)c1ccc(F)cc1)[C@@H](CO)N2. The van der Waals surface area contributed by atoms with Gasteiger partial charge in [-0.25, -0.2) is 12.8 Å². The second-order valence-electron chi connectivity index (χ2n) is 8.65. The van der Waals surface area contributed by atoms with Gasteiger partial charge in [0, 0.05) is 23.7 Å². The molecule has 3 atom stereocenters. The van der Waals surface area contributed by atoms with E-state index >= 15 is 0 Å². The summed E-state index contributed by atoms with van der Waals surface area (Å²) in [6.07, 6.45) is 0.597. The van der Waals surface area contributed by atoms with Gasteiger partial charge in [-0.3, -0.25) is 0 Å². The van der Waals surface area contributed by atoms with E-state index in [2.05, 4.69) is 17.2 Å². The van der Waals surface area contributed by atoms with Crippen molar-refractivity contribution < 1.29 is 22.7 Å². The summed E-state index contributed by atoms with van der Waals surface area (Å²) in [5, 5.41) is 13.4. The largest absolute Gasteiger partial charge is 0.495 e. The fourth-order valence-electron chi connectivity index (χ4n) is 5.00. The van der Waals surface area contributed by atoms with E-state index in [0.717, 1.165) is 34.5 Å². The highest BCUT2D eigenvalue weighted by atomic mass is 32.2. The molecule has 35 heavy (non-hydrogen) atoms. The molecule has 0 bridgehead atoms. The molecule has 3 aromatic carbocycles. The quantitative estimate of drug-likeness (QED) is 0.542. The molecule has 2 aliphatic rings. The fraction of sp³-hybridized carbons (Fsp3) is 0.259. The van der Waals surface area contributed by atoms with Gasteiger partial charge in [0.1, 0.15) is 11.6 Å². The number of nitrogens with zero attached hydrogens (tertiary/aromatic N) is 1. The van der Waals surface area contributed by atoms with Crippen LogP contribution in [0.1, 0.15) is 29.2 Å². The van der Waals surface area contributed by atoms with Gasteiger partial charge in [0.05, 0.1) is 36.3 Å². The number of para-hydroxylation sites is 1. The topological polar surface area (TPSA) is 78.9 Å². The molecule has 3 aromatic rings. The monoisotopic (exact) mass is 492 g/mol. The average Bonchev–Trinajstić information content (AvgIpc) is 3.34. The zero-order chi connectivity index (χ0) is 24.6. The van der Waals surface area contributed by atoms with Crippen LogP contribution in [0.3, 0.4) is 0 Å². The minimum atomic E-state index is -3.87. The lowest BCUT2D eigenvalue weighted by Gasteiger charge is -2.38. The van der Waals surface area contributed by atoms with Crippen molar-refractivity contribution in [2.75, 3.05) is 25.6 Å². The fourth-order valence-corrected chi connectivity index (χ4v) is 6.66. The van der Waals surface area contributed by atoms with Crippen molar-refractivity contribution in [2.24, 2.45) is 5.92 Å². The summed E-state index contributed by atoms with van der Waals surface area (Å²) in [7, 11) is -2.28. The molecule has 1 fully saturated rings. The summed E-state index contributed by atoms with van der Waals surface area (Å²) in [6.45, 7) is 0.199. The van der Waals surface area contributed by atoms with Crippen LogP contribution in [-0.2, 0) is 10.0 Å². The van der Waals surface area contributed by atoms with Crippen LogP contribution >= 0.6 is 0 Å². The standard InChI is InChI=1S/C27H25FN2O4S/c1-34-26-5-3-2-4-19(26)8-6-18-7-13-24-23(16-18)27-22(25(17-31)29-24)14-15-30(27)35(32,33)21-11-9-20(28)10-12-21/h2-5,7,9-13,16,22,25,27,29,31H,14-15,17H2,1H3/t22-,25+,27-/m0/s1. The molecule has 2 aliphatic heterocycles. The van der Waals surface area contributed by atoms with E-state index in [9.17, 15) is 17.9 Å². The van der Waals surface area contributed by atoms with Crippen molar-refractivity contribution in [3.05, 3.63) is 89.2 Å². The Balaban J connectivity index is 1.56. The molecule has 1 saturated heterocycles. The number of aliphatic hydroxyl groups is 1. The number of hydrogen-bond acceptors (Lipinski definition) is 5. The van der Waals surface area contributed by atoms with Gasteiger partial charge in [-0.2, -0.15) is 4.31 Å². The first-order valence-electron chi connectivity index (χ1n) is 11.4. The first-order chi connectivity index (χ1) is 16.9. The second-order valence-corrected chi connectivity index (χ2v) is 10.5. The van der Waals surface area contributed by atoms with Crippen molar-refractivity contribution in [2.45, 2.75) is 23.4 Å². The predicted octanol–water partition coefficient (Wildman–Crippen LogP) is 3.77. The van der Waals surface area contributed by atoms with E-state index in [1.807, 2.05) is 42.5 Å². The van der Waals surface area contributed by atoms with Crippen LogP contribution in [0.15, 0.2) is 71.6 Å². The number of ether oxygens (including phenoxy) is 1. The van der Waals surface area contributed by atoms with Crippen molar-refractivity contribution >= 4 is 15.7 Å². The Bertz CT molecular complexity index is 1410. The lowest BCUT2D eigenvalue weighted by atomic mass is 9.83. The summed E-state index contributed by atoms with van der Waals surface area (Å²) in [6, 6.07) is 17.3. The summed E-state index contributed by atoms with van der Waals surface area (Å²) in [4.78, 5) is 0.0484. The minimum absolute atomic E-state index is 0.0484. The average molecular weight is 493 g/mol. The lowest BCUT2D eigenvalue weighted by molar-refractivity contribution is 0.210. The third-order valence-electron chi connectivity index (χ3n) is 6.69. The van der Waals surface area contributed by atoms with Crippen LogP contribution in [0.5, 0.6) is 5.75 Å². The van der Waals surface area contributed by atoms with Crippen LogP contribution in [0.4, 0.5) is 10.1 Å². The van der Waals surface area contributed by atoms with E-state index in [-0.39, 0.29) is 23.5 Å². The summed E-state index contributed by atoms with van der Waals surface area (Å²) in [5.41, 5.74) is 3.08. The Labute approximate surface area is 204 Å². The molecule has 2 heterocycles.